The van der Waals surface area contributed by atoms with E-state index >= 15 is 0 Å². The highest BCUT2D eigenvalue weighted by atomic mass is 15.0. The van der Waals surface area contributed by atoms with Crippen LogP contribution in [0.3, 0.4) is 0 Å². The summed E-state index contributed by atoms with van der Waals surface area (Å²) in [6.07, 6.45) is 6.05. The molecule has 3 aliphatic rings. The summed E-state index contributed by atoms with van der Waals surface area (Å²) < 4.78 is 0. The van der Waals surface area contributed by atoms with Gasteiger partial charge in [-0.3, -0.25) is 0 Å². The van der Waals surface area contributed by atoms with Crippen LogP contribution in [0, 0.1) is 23.7 Å². The molecule has 2 aliphatic carbocycles. The molecule has 4 atom stereocenters. The van der Waals surface area contributed by atoms with Crippen LogP contribution < -0.4 is 5.32 Å². The van der Waals surface area contributed by atoms with E-state index in [1.807, 2.05) is 0 Å². The smallest absolute Gasteiger partial charge is 0.0135 e. The summed E-state index contributed by atoms with van der Waals surface area (Å²) in [6, 6.07) is 0. The predicted molar refractivity (Wildman–Crippen MR) is 49.1 cm³/mol. The van der Waals surface area contributed by atoms with Crippen molar-refractivity contribution in [3.05, 3.63) is 36.7 Å². The molecule has 1 heterocycles. The Labute approximate surface area is 72.9 Å². The fraction of sp³-hybridized carbons (Fsp3) is 0.455. The lowest BCUT2D eigenvalue weighted by Crippen LogP contribution is -2.14. The molecule has 1 heteroatoms. The third kappa shape index (κ3) is 0.566. The van der Waals surface area contributed by atoms with Crippen LogP contribution >= 0.6 is 0 Å². The first-order valence-corrected chi connectivity index (χ1v) is 4.60. The van der Waals surface area contributed by atoms with Gasteiger partial charge in [-0.2, -0.15) is 0 Å². The SMILES string of the molecule is C=C1NC(=C)C2C3C=CC(C3)C12. The number of rotatable bonds is 0. The van der Waals surface area contributed by atoms with Crippen molar-refractivity contribution < 1.29 is 0 Å². The summed E-state index contributed by atoms with van der Waals surface area (Å²) in [4.78, 5) is 0. The summed E-state index contributed by atoms with van der Waals surface area (Å²) in [5.41, 5.74) is 2.39. The molecule has 1 N–H and O–H groups in total. The van der Waals surface area contributed by atoms with Crippen molar-refractivity contribution in [2.75, 3.05) is 0 Å². The van der Waals surface area contributed by atoms with Crippen molar-refractivity contribution in [2.45, 2.75) is 6.42 Å². The number of allylic oxidation sites excluding steroid dienone is 4. The van der Waals surface area contributed by atoms with E-state index in [-0.39, 0.29) is 0 Å². The fourth-order valence-electron chi connectivity index (χ4n) is 3.15. The standard InChI is InChI=1S/C11H13N/c1-6-10-8-3-4-9(5-8)11(10)7(2)12-6/h3-4,8-12H,1-2,5H2. The maximum absolute atomic E-state index is 4.06. The molecule has 1 saturated carbocycles. The van der Waals surface area contributed by atoms with Gasteiger partial charge in [-0.1, -0.05) is 25.3 Å². The molecule has 0 amide bonds. The molecule has 1 saturated heterocycles. The predicted octanol–water partition coefficient (Wildman–Crippen LogP) is 2.06. The van der Waals surface area contributed by atoms with Gasteiger partial charge in [-0.05, 0) is 18.3 Å². The summed E-state index contributed by atoms with van der Waals surface area (Å²) in [7, 11) is 0. The van der Waals surface area contributed by atoms with Crippen LogP contribution in [0.15, 0.2) is 36.7 Å². The molecule has 2 bridgehead atoms. The maximum atomic E-state index is 4.06. The minimum Gasteiger partial charge on any atom is -0.363 e. The van der Waals surface area contributed by atoms with E-state index in [1.54, 1.807) is 0 Å². The Morgan fingerprint density at radius 1 is 1.08 bits per heavy atom. The first-order chi connectivity index (χ1) is 5.77. The van der Waals surface area contributed by atoms with E-state index in [9.17, 15) is 0 Å². The number of fused-ring (bicyclic) bond motifs is 5. The first-order valence-electron chi connectivity index (χ1n) is 4.60. The van der Waals surface area contributed by atoms with Crippen LogP contribution in [0.2, 0.25) is 0 Å². The van der Waals surface area contributed by atoms with Gasteiger partial charge in [-0.15, -0.1) is 0 Å². The maximum Gasteiger partial charge on any atom is 0.0135 e. The molecule has 62 valence electrons. The van der Waals surface area contributed by atoms with E-state index in [0.717, 1.165) is 11.8 Å². The van der Waals surface area contributed by atoms with Gasteiger partial charge in [0.15, 0.2) is 0 Å². The molecular weight excluding hydrogens is 146 g/mol. The Kier molecular flexibility index (Phi) is 1.00. The van der Waals surface area contributed by atoms with Gasteiger partial charge in [0, 0.05) is 23.2 Å². The number of hydrogen-bond donors (Lipinski definition) is 1. The molecule has 0 spiro atoms. The minimum atomic E-state index is 0.660. The van der Waals surface area contributed by atoms with Crippen LogP contribution in [-0.2, 0) is 0 Å². The highest BCUT2D eigenvalue weighted by Crippen LogP contribution is 2.55. The Balaban J connectivity index is 2.08. The van der Waals surface area contributed by atoms with Crippen LogP contribution in [0.4, 0.5) is 0 Å². The zero-order chi connectivity index (χ0) is 8.29. The molecule has 12 heavy (non-hydrogen) atoms. The molecular formula is C11H13N. The third-order valence-corrected chi connectivity index (χ3v) is 3.59. The molecule has 0 aromatic heterocycles. The number of nitrogens with one attached hydrogen (secondary N) is 1. The van der Waals surface area contributed by atoms with E-state index in [2.05, 4.69) is 30.6 Å². The van der Waals surface area contributed by atoms with Gasteiger partial charge in [0.25, 0.3) is 0 Å². The van der Waals surface area contributed by atoms with Gasteiger partial charge < -0.3 is 5.32 Å². The molecule has 1 aliphatic heterocycles. The van der Waals surface area contributed by atoms with E-state index < -0.39 is 0 Å². The van der Waals surface area contributed by atoms with E-state index in [1.165, 1.54) is 17.8 Å². The molecule has 4 unspecified atom stereocenters. The monoisotopic (exact) mass is 159 g/mol. The molecule has 0 aromatic rings. The van der Waals surface area contributed by atoms with Crippen molar-refractivity contribution in [2.24, 2.45) is 23.7 Å². The quantitative estimate of drug-likeness (QED) is 0.533. The van der Waals surface area contributed by atoms with Crippen LogP contribution in [0.1, 0.15) is 6.42 Å². The highest BCUT2D eigenvalue weighted by molar-refractivity contribution is 5.33. The van der Waals surface area contributed by atoms with Crippen LogP contribution in [0.5, 0.6) is 0 Å². The lowest BCUT2D eigenvalue weighted by atomic mass is 9.83. The topological polar surface area (TPSA) is 12.0 Å². The zero-order valence-corrected chi connectivity index (χ0v) is 7.09. The average Bonchev–Trinajstić information content (AvgIpc) is 2.64. The van der Waals surface area contributed by atoms with E-state index in [4.69, 9.17) is 0 Å². The second kappa shape index (κ2) is 1.85. The summed E-state index contributed by atoms with van der Waals surface area (Å²) in [6.45, 7) is 8.12. The molecule has 3 rings (SSSR count). The normalized spacial score (nSPS) is 48.3. The average molecular weight is 159 g/mol. The summed E-state index contributed by atoms with van der Waals surface area (Å²) in [5, 5.41) is 3.29. The molecule has 0 aromatic carbocycles. The largest absolute Gasteiger partial charge is 0.363 e. The minimum absolute atomic E-state index is 0.660. The zero-order valence-electron chi connectivity index (χ0n) is 7.09. The molecule has 2 fully saturated rings. The van der Waals surface area contributed by atoms with Crippen molar-refractivity contribution in [1.29, 1.82) is 0 Å². The van der Waals surface area contributed by atoms with Crippen molar-refractivity contribution in [1.82, 2.24) is 5.32 Å². The summed E-state index contributed by atoms with van der Waals surface area (Å²) >= 11 is 0. The van der Waals surface area contributed by atoms with Gasteiger partial charge in [0.1, 0.15) is 0 Å². The van der Waals surface area contributed by atoms with Crippen LogP contribution in [0.25, 0.3) is 0 Å². The molecule has 1 nitrogen and oxygen atoms in total. The molecule has 0 radical (unpaired) electrons. The van der Waals surface area contributed by atoms with Crippen molar-refractivity contribution in [3.8, 4) is 0 Å². The highest BCUT2D eigenvalue weighted by Gasteiger charge is 2.50. The lowest BCUT2D eigenvalue weighted by Gasteiger charge is -2.18. The van der Waals surface area contributed by atoms with Crippen LogP contribution in [-0.4, -0.2) is 0 Å². The van der Waals surface area contributed by atoms with Gasteiger partial charge in [-0.25, -0.2) is 0 Å². The second-order valence-corrected chi connectivity index (χ2v) is 4.18. The Hall–Kier alpha value is -0.980. The van der Waals surface area contributed by atoms with Crippen molar-refractivity contribution in [3.63, 3.8) is 0 Å². The van der Waals surface area contributed by atoms with E-state index in [0.29, 0.717) is 11.8 Å². The third-order valence-electron chi connectivity index (χ3n) is 3.59. The fourth-order valence-corrected chi connectivity index (χ4v) is 3.15. The van der Waals surface area contributed by atoms with Gasteiger partial charge in [0.2, 0.25) is 0 Å². The number of hydrogen-bond acceptors (Lipinski definition) is 1. The first kappa shape index (κ1) is 6.53. The van der Waals surface area contributed by atoms with Gasteiger partial charge in [0.05, 0.1) is 0 Å². The summed E-state index contributed by atoms with van der Waals surface area (Å²) in [5.74, 6) is 2.82. The second-order valence-electron chi connectivity index (χ2n) is 4.18. The van der Waals surface area contributed by atoms with Crippen molar-refractivity contribution >= 4 is 0 Å². The van der Waals surface area contributed by atoms with Gasteiger partial charge >= 0.3 is 0 Å². The Morgan fingerprint density at radius 2 is 1.58 bits per heavy atom. The lowest BCUT2D eigenvalue weighted by molar-refractivity contribution is 0.449. The Morgan fingerprint density at radius 3 is 2.08 bits per heavy atom. The Bertz CT molecular complexity index is 272.